The summed E-state index contributed by atoms with van der Waals surface area (Å²) in [6.45, 7) is 4.95. The average molecular weight is 1060 g/mol. The number of aliphatic hydroxyl groups is 2. The molecule has 3 N–H and O–H groups in total. The summed E-state index contributed by atoms with van der Waals surface area (Å²) in [6.07, 6.45) is 79.9. The van der Waals surface area contributed by atoms with Crippen LogP contribution in [0.25, 0.3) is 0 Å². The predicted octanol–water partition coefficient (Wildman–Crippen LogP) is 22.0. The zero-order valence-corrected chi connectivity index (χ0v) is 51.1. The summed E-state index contributed by atoms with van der Waals surface area (Å²) >= 11 is 0. The first kappa shape index (κ1) is 73.6. The van der Waals surface area contributed by atoms with E-state index in [0.29, 0.717) is 19.4 Å². The van der Waals surface area contributed by atoms with Gasteiger partial charge in [-0.05, 0) is 32.1 Å². The molecule has 0 rings (SSSR count). The number of hydrogen-bond acceptors (Lipinski definition) is 5. The Labute approximate surface area is 469 Å². The van der Waals surface area contributed by atoms with Crippen LogP contribution in [-0.4, -0.2) is 47.4 Å². The van der Waals surface area contributed by atoms with Gasteiger partial charge in [0.2, 0.25) is 5.91 Å². The molecule has 2 unspecified atom stereocenters. The van der Waals surface area contributed by atoms with E-state index in [4.69, 9.17) is 4.74 Å². The zero-order chi connectivity index (χ0) is 54.3. The van der Waals surface area contributed by atoms with Crippen LogP contribution in [0.4, 0.5) is 0 Å². The summed E-state index contributed by atoms with van der Waals surface area (Å²) in [5.74, 6) is -0.0481. The van der Waals surface area contributed by atoms with Crippen molar-refractivity contribution in [2.45, 2.75) is 405 Å². The maximum atomic E-state index is 12.5. The molecule has 6 heteroatoms. The molecule has 0 heterocycles. The molecule has 2 atom stereocenters. The third-order valence-electron chi connectivity index (χ3n) is 16.3. The number of esters is 1. The molecule has 0 aromatic carbocycles. The van der Waals surface area contributed by atoms with Crippen molar-refractivity contribution in [1.82, 2.24) is 5.32 Å². The predicted molar refractivity (Wildman–Crippen MR) is 329 cm³/mol. The minimum atomic E-state index is -0.845. The fraction of sp³-hybridized carbons (Fsp3) is 0.942. The van der Waals surface area contributed by atoms with Crippen molar-refractivity contribution < 1.29 is 24.5 Å². The third kappa shape index (κ3) is 61.7. The van der Waals surface area contributed by atoms with Gasteiger partial charge in [-0.2, -0.15) is 0 Å². The molecule has 0 fully saturated rings. The van der Waals surface area contributed by atoms with Crippen LogP contribution in [0.5, 0.6) is 0 Å². The SMILES string of the molecule is CCCCCCCCCCCCCCCCCCCC/C=C/C(O)C(CO)NC(=O)CCCCCCCCCCCCCCCCCCCCCCCOC(=O)CCCCCCCCCCCCCCCCCCC. The van der Waals surface area contributed by atoms with Gasteiger partial charge in [-0.3, -0.25) is 9.59 Å². The van der Waals surface area contributed by atoms with Crippen molar-refractivity contribution >= 4 is 11.9 Å². The maximum Gasteiger partial charge on any atom is 0.305 e. The van der Waals surface area contributed by atoms with Gasteiger partial charge >= 0.3 is 5.97 Å². The van der Waals surface area contributed by atoms with Crippen molar-refractivity contribution in [1.29, 1.82) is 0 Å². The van der Waals surface area contributed by atoms with E-state index >= 15 is 0 Å². The fourth-order valence-corrected chi connectivity index (χ4v) is 11.1. The topological polar surface area (TPSA) is 95.9 Å². The lowest BCUT2D eigenvalue weighted by Crippen LogP contribution is -2.45. The van der Waals surface area contributed by atoms with Gasteiger partial charge in [0.05, 0.1) is 25.4 Å². The van der Waals surface area contributed by atoms with E-state index in [0.717, 1.165) is 38.5 Å². The molecule has 1 amide bonds. The Morgan fingerprint density at radius 2 is 0.613 bits per heavy atom. The van der Waals surface area contributed by atoms with E-state index in [1.165, 1.54) is 327 Å². The van der Waals surface area contributed by atoms with Crippen LogP contribution in [0.15, 0.2) is 12.2 Å². The van der Waals surface area contributed by atoms with Gasteiger partial charge in [0.1, 0.15) is 0 Å². The Morgan fingerprint density at radius 1 is 0.360 bits per heavy atom. The molecule has 446 valence electrons. The first-order valence-electron chi connectivity index (χ1n) is 34.5. The largest absolute Gasteiger partial charge is 0.466 e. The second-order valence-corrected chi connectivity index (χ2v) is 23.9. The molecule has 0 radical (unpaired) electrons. The van der Waals surface area contributed by atoms with Crippen LogP contribution in [0.2, 0.25) is 0 Å². The van der Waals surface area contributed by atoms with Gasteiger partial charge in [0.25, 0.3) is 0 Å². The number of allylic oxidation sites excluding steroid dienone is 1. The highest BCUT2D eigenvalue weighted by molar-refractivity contribution is 5.76. The fourth-order valence-electron chi connectivity index (χ4n) is 11.1. The number of carbonyl (C=O) groups excluding carboxylic acids is 2. The number of ether oxygens (including phenoxy) is 1. The zero-order valence-electron chi connectivity index (χ0n) is 51.1. The summed E-state index contributed by atoms with van der Waals surface area (Å²) in [7, 11) is 0. The first-order chi connectivity index (χ1) is 37.0. The van der Waals surface area contributed by atoms with E-state index in [-0.39, 0.29) is 18.5 Å². The van der Waals surface area contributed by atoms with Crippen LogP contribution in [0.1, 0.15) is 393 Å². The van der Waals surface area contributed by atoms with E-state index in [1.807, 2.05) is 6.08 Å². The maximum absolute atomic E-state index is 12.5. The Kier molecular flexibility index (Phi) is 63.9. The molecule has 0 bridgehead atoms. The number of rotatable bonds is 65. The van der Waals surface area contributed by atoms with Crippen LogP contribution in [-0.2, 0) is 14.3 Å². The normalized spacial score (nSPS) is 12.5. The summed E-state index contributed by atoms with van der Waals surface area (Å²) in [4.78, 5) is 24.6. The average Bonchev–Trinajstić information content (AvgIpc) is 3.41. The second-order valence-electron chi connectivity index (χ2n) is 23.9. The number of unbranched alkanes of at least 4 members (excludes halogenated alkanes) is 54. The Hall–Kier alpha value is -1.40. The number of carbonyl (C=O) groups is 2. The van der Waals surface area contributed by atoms with E-state index < -0.39 is 12.1 Å². The smallest absolute Gasteiger partial charge is 0.305 e. The van der Waals surface area contributed by atoms with Crippen LogP contribution in [0, 0.1) is 0 Å². The summed E-state index contributed by atoms with van der Waals surface area (Å²) in [6, 6.07) is -0.629. The Bertz CT molecular complexity index is 1130. The molecule has 0 aliphatic heterocycles. The number of nitrogens with one attached hydrogen (secondary N) is 1. The van der Waals surface area contributed by atoms with Crippen LogP contribution >= 0.6 is 0 Å². The van der Waals surface area contributed by atoms with Crippen molar-refractivity contribution in [3.63, 3.8) is 0 Å². The lowest BCUT2D eigenvalue weighted by molar-refractivity contribution is -0.143. The van der Waals surface area contributed by atoms with E-state index in [9.17, 15) is 19.8 Å². The molecular weight excluding hydrogens is 923 g/mol. The highest BCUT2D eigenvalue weighted by Gasteiger charge is 2.18. The van der Waals surface area contributed by atoms with E-state index in [2.05, 4.69) is 19.2 Å². The lowest BCUT2D eigenvalue weighted by Gasteiger charge is -2.20. The quantitative estimate of drug-likeness (QED) is 0.0320. The molecule has 0 saturated heterocycles. The number of aliphatic hydroxyl groups excluding tert-OH is 2. The summed E-state index contributed by atoms with van der Waals surface area (Å²) in [5.41, 5.74) is 0. The highest BCUT2D eigenvalue weighted by atomic mass is 16.5. The lowest BCUT2D eigenvalue weighted by atomic mass is 10.0. The molecule has 75 heavy (non-hydrogen) atoms. The monoisotopic (exact) mass is 1060 g/mol. The molecule has 0 aromatic heterocycles. The molecule has 0 aliphatic rings. The minimum Gasteiger partial charge on any atom is -0.466 e. The summed E-state index contributed by atoms with van der Waals surface area (Å²) < 4.78 is 5.50. The molecule has 0 saturated carbocycles. The summed E-state index contributed by atoms with van der Waals surface area (Å²) in [5, 5.41) is 23.2. The van der Waals surface area contributed by atoms with Gasteiger partial charge in [-0.1, -0.05) is 360 Å². The van der Waals surface area contributed by atoms with Gasteiger partial charge in [0.15, 0.2) is 0 Å². The van der Waals surface area contributed by atoms with E-state index in [1.54, 1.807) is 6.08 Å². The first-order valence-corrected chi connectivity index (χ1v) is 34.5. The molecular formula is C69H135NO5. The number of hydrogen-bond donors (Lipinski definition) is 3. The van der Waals surface area contributed by atoms with Crippen molar-refractivity contribution in [2.24, 2.45) is 0 Å². The third-order valence-corrected chi connectivity index (χ3v) is 16.3. The Balaban J connectivity index is 3.39. The van der Waals surface area contributed by atoms with Gasteiger partial charge in [-0.25, -0.2) is 0 Å². The van der Waals surface area contributed by atoms with Crippen molar-refractivity contribution in [2.75, 3.05) is 13.2 Å². The van der Waals surface area contributed by atoms with Gasteiger partial charge in [-0.15, -0.1) is 0 Å². The molecule has 0 spiro atoms. The minimum absolute atomic E-state index is 0.0165. The highest BCUT2D eigenvalue weighted by Crippen LogP contribution is 2.19. The standard InChI is InChI=1S/C69H135NO5/c1-3-5-7-9-11-13-15-17-19-21-22-26-30-33-37-41-45-49-53-57-61-67(72)66(65-71)70-68(73)62-58-54-50-46-42-38-34-31-27-24-23-25-28-32-36-40-44-48-52-56-60-64-75-69(74)63-59-55-51-47-43-39-35-29-20-18-16-14-12-10-8-6-4-2/h57,61,66-67,71-72H,3-56,58-60,62-65H2,1-2H3,(H,70,73)/b61-57+. The molecule has 0 aromatic rings. The van der Waals surface area contributed by atoms with Crippen LogP contribution < -0.4 is 5.32 Å². The van der Waals surface area contributed by atoms with Crippen molar-refractivity contribution in [3.8, 4) is 0 Å². The Morgan fingerprint density at radius 3 is 0.907 bits per heavy atom. The molecule has 6 nitrogen and oxygen atoms in total. The van der Waals surface area contributed by atoms with Crippen molar-refractivity contribution in [3.05, 3.63) is 12.2 Å². The van der Waals surface area contributed by atoms with Gasteiger partial charge in [0, 0.05) is 12.8 Å². The van der Waals surface area contributed by atoms with Crippen LogP contribution in [0.3, 0.4) is 0 Å². The number of amides is 1. The molecule has 0 aliphatic carbocycles. The second kappa shape index (κ2) is 65.1. The van der Waals surface area contributed by atoms with Gasteiger partial charge < -0.3 is 20.3 Å².